The summed E-state index contributed by atoms with van der Waals surface area (Å²) in [7, 11) is -2.16. The Morgan fingerprint density at radius 1 is 1.14 bits per heavy atom. The molecule has 0 aromatic heterocycles. The Labute approximate surface area is 200 Å². The molecule has 2 aromatic rings. The Kier molecular flexibility index (Phi) is 7.63. The quantitative estimate of drug-likeness (QED) is 0.472. The van der Waals surface area contributed by atoms with E-state index in [1.54, 1.807) is 25.1 Å². The monoisotopic (exact) mass is 515 g/mol. The Balaban J connectivity index is 2.05. The maximum Gasteiger partial charge on any atom is 0.422 e. The molecule has 190 valence electrons. The molecule has 0 radical (unpaired) electrons. The first-order valence-corrected chi connectivity index (χ1v) is 12.6. The number of ether oxygens (including phenoxy) is 3. The summed E-state index contributed by atoms with van der Waals surface area (Å²) in [6.07, 6.45) is -3.73. The first-order valence-electron chi connectivity index (χ1n) is 10.5. The highest BCUT2D eigenvalue weighted by Crippen LogP contribution is 2.40. The van der Waals surface area contributed by atoms with E-state index in [9.17, 15) is 31.2 Å². The van der Waals surface area contributed by atoms with E-state index in [4.69, 9.17) is 9.47 Å². The van der Waals surface area contributed by atoms with Crippen molar-refractivity contribution in [3.05, 3.63) is 53.1 Å². The minimum absolute atomic E-state index is 0.0675. The molecule has 1 aliphatic rings. The third-order valence-corrected chi connectivity index (χ3v) is 6.12. The number of anilines is 1. The number of esters is 1. The van der Waals surface area contributed by atoms with Gasteiger partial charge in [-0.3, -0.25) is 4.79 Å². The van der Waals surface area contributed by atoms with E-state index in [2.05, 4.69) is 4.74 Å². The van der Waals surface area contributed by atoms with Crippen LogP contribution in [0.1, 0.15) is 34.5 Å². The van der Waals surface area contributed by atoms with Crippen molar-refractivity contribution in [1.29, 1.82) is 0 Å². The van der Waals surface area contributed by atoms with E-state index in [0.717, 1.165) is 6.26 Å². The van der Waals surface area contributed by atoms with Crippen LogP contribution in [-0.2, 0) is 25.8 Å². The van der Waals surface area contributed by atoms with Gasteiger partial charge in [-0.1, -0.05) is 12.1 Å². The molecule has 3 rings (SSSR count). The van der Waals surface area contributed by atoms with Gasteiger partial charge in [0.05, 0.1) is 37.5 Å². The molecule has 0 unspecified atom stereocenters. The molecule has 1 aliphatic heterocycles. The summed E-state index contributed by atoms with van der Waals surface area (Å²) < 4.78 is 77.1. The standard InChI is InChI=1S/C23H24F3NO7S/c1-4-33-20-10-14(7-8-19(20)32-2)18(12-35(3,30)31)27-17-9-16(6-5-15(17)11-21(27)28)22(29)34-13-23(24,25)26/h5-10,18H,4,11-13H2,1-3H3/t18-/m1/s1. The topological polar surface area (TPSA) is 99.2 Å². The van der Waals surface area contributed by atoms with E-state index < -0.39 is 46.3 Å². The molecule has 35 heavy (non-hydrogen) atoms. The van der Waals surface area contributed by atoms with Crippen molar-refractivity contribution in [3.8, 4) is 11.5 Å². The maximum absolute atomic E-state index is 13.0. The molecule has 0 fully saturated rings. The zero-order chi connectivity index (χ0) is 26.0. The van der Waals surface area contributed by atoms with Crippen LogP contribution in [0.25, 0.3) is 0 Å². The van der Waals surface area contributed by atoms with Gasteiger partial charge in [-0.25, -0.2) is 13.2 Å². The fraction of sp³-hybridized carbons (Fsp3) is 0.391. The molecular formula is C23H24F3NO7S. The second-order valence-electron chi connectivity index (χ2n) is 7.93. The summed E-state index contributed by atoms with van der Waals surface area (Å²) in [6, 6.07) is 7.71. The zero-order valence-electron chi connectivity index (χ0n) is 19.2. The molecule has 0 saturated carbocycles. The molecule has 1 heterocycles. The van der Waals surface area contributed by atoms with Crippen LogP contribution in [0.4, 0.5) is 18.9 Å². The van der Waals surface area contributed by atoms with Gasteiger partial charge in [-0.05, 0) is 42.3 Å². The second kappa shape index (κ2) is 10.1. The van der Waals surface area contributed by atoms with Gasteiger partial charge < -0.3 is 19.1 Å². The molecule has 1 atom stereocenters. The molecule has 12 heteroatoms. The highest BCUT2D eigenvalue weighted by molar-refractivity contribution is 7.90. The highest BCUT2D eigenvalue weighted by Gasteiger charge is 2.37. The summed E-state index contributed by atoms with van der Waals surface area (Å²) in [5.41, 5.74) is 0.958. The maximum atomic E-state index is 13.0. The number of nitrogens with zero attached hydrogens (tertiary/aromatic N) is 1. The van der Waals surface area contributed by atoms with Crippen LogP contribution in [0, 0.1) is 0 Å². The van der Waals surface area contributed by atoms with Crippen LogP contribution >= 0.6 is 0 Å². The highest BCUT2D eigenvalue weighted by atomic mass is 32.2. The largest absolute Gasteiger partial charge is 0.493 e. The number of hydrogen-bond donors (Lipinski definition) is 0. The minimum Gasteiger partial charge on any atom is -0.493 e. The normalized spacial score (nSPS) is 14.5. The number of carbonyl (C=O) groups is 2. The van der Waals surface area contributed by atoms with Gasteiger partial charge in [-0.2, -0.15) is 13.2 Å². The molecule has 0 spiro atoms. The van der Waals surface area contributed by atoms with Crippen molar-refractivity contribution in [2.75, 3.05) is 37.2 Å². The Hall–Kier alpha value is -3.28. The number of carbonyl (C=O) groups excluding carboxylic acids is 2. The molecule has 0 N–H and O–H groups in total. The van der Waals surface area contributed by atoms with Crippen LogP contribution < -0.4 is 14.4 Å². The van der Waals surface area contributed by atoms with Crippen molar-refractivity contribution in [2.24, 2.45) is 0 Å². The molecular weight excluding hydrogens is 491 g/mol. The Morgan fingerprint density at radius 2 is 1.86 bits per heavy atom. The lowest BCUT2D eigenvalue weighted by molar-refractivity contribution is -0.161. The van der Waals surface area contributed by atoms with Gasteiger partial charge in [0.1, 0.15) is 9.84 Å². The number of rotatable bonds is 9. The lowest BCUT2D eigenvalue weighted by Crippen LogP contribution is -2.36. The number of benzene rings is 2. The van der Waals surface area contributed by atoms with E-state index >= 15 is 0 Å². The predicted molar refractivity (Wildman–Crippen MR) is 121 cm³/mol. The molecule has 0 aliphatic carbocycles. The van der Waals surface area contributed by atoms with Crippen LogP contribution in [0.3, 0.4) is 0 Å². The van der Waals surface area contributed by atoms with Crippen LogP contribution in [-0.4, -0.2) is 58.8 Å². The van der Waals surface area contributed by atoms with Crippen molar-refractivity contribution in [3.63, 3.8) is 0 Å². The number of amides is 1. The van der Waals surface area contributed by atoms with Crippen LogP contribution in [0.5, 0.6) is 11.5 Å². The summed E-state index contributed by atoms with van der Waals surface area (Å²) in [6.45, 7) is 0.319. The minimum atomic E-state index is -4.69. The van der Waals surface area contributed by atoms with Gasteiger partial charge in [0.25, 0.3) is 0 Å². The summed E-state index contributed by atoms with van der Waals surface area (Å²) >= 11 is 0. The fourth-order valence-corrected chi connectivity index (χ4v) is 4.71. The fourth-order valence-electron chi connectivity index (χ4n) is 3.79. The van der Waals surface area contributed by atoms with Gasteiger partial charge in [0.2, 0.25) is 5.91 Å². The average Bonchev–Trinajstić information content (AvgIpc) is 3.09. The summed E-state index contributed by atoms with van der Waals surface area (Å²) in [4.78, 5) is 26.4. The molecule has 2 aromatic carbocycles. The van der Waals surface area contributed by atoms with Gasteiger partial charge in [0.15, 0.2) is 18.1 Å². The Morgan fingerprint density at radius 3 is 2.46 bits per heavy atom. The third-order valence-electron chi connectivity index (χ3n) is 5.20. The number of halogens is 3. The lowest BCUT2D eigenvalue weighted by Gasteiger charge is -2.29. The third kappa shape index (κ3) is 6.44. The van der Waals surface area contributed by atoms with E-state index in [1.165, 1.54) is 30.2 Å². The van der Waals surface area contributed by atoms with Crippen molar-refractivity contribution in [1.82, 2.24) is 0 Å². The average molecular weight is 516 g/mol. The number of hydrogen-bond acceptors (Lipinski definition) is 7. The second-order valence-corrected chi connectivity index (χ2v) is 10.1. The van der Waals surface area contributed by atoms with Crippen molar-refractivity contribution >= 4 is 27.4 Å². The number of sulfone groups is 1. The van der Waals surface area contributed by atoms with E-state index in [0.29, 0.717) is 29.2 Å². The summed E-state index contributed by atoms with van der Waals surface area (Å²) in [5, 5.41) is 0. The zero-order valence-corrected chi connectivity index (χ0v) is 20.0. The van der Waals surface area contributed by atoms with Gasteiger partial charge in [-0.15, -0.1) is 0 Å². The number of fused-ring (bicyclic) bond motifs is 1. The van der Waals surface area contributed by atoms with Gasteiger partial charge in [0, 0.05) is 11.9 Å². The van der Waals surface area contributed by atoms with E-state index in [1.807, 2.05) is 0 Å². The lowest BCUT2D eigenvalue weighted by atomic mass is 10.0. The predicted octanol–water partition coefficient (Wildman–Crippen LogP) is 3.49. The Bertz CT molecular complexity index is 1230. The first-order chi connectivity index (χ1) is 16.3. The SMILES string of the molecule is CCOc1cc([C@@H](CS(C)(=O)=O)N2C(=O)Cc3ccc(C(=O)OCC(F)(F)F)cc32)ccc1OC. The molecule has 1 amide bonds. The molecule has 8 nitrogen and oxygen atoms in total. The molecule has 0 bridgehead atoms. The van der Waals surface area contributed by atoms with Gasteiger partial charge >= 0.3 is 12.1 Å². The number of methoxy groups -OCH3 is 1. The van der Waals surface area contributed by atoms with Crippen LogP contribution in [0.15, 0.2) is 36.4 Å². The smallest absolute Gasteiger partial charge is 0.422 e. The van der Waals surface area contributed by atoms with Crippen molar-refractivity contribution < 1.29 is 45.4 Å². The molecule has 0 saturated heterocycles. The number of alkyl halides is 3. The summed E-state index contributed by atoms with van der Waals surface area (Å²) in [5.74, 6) is -1.33. The van der Waals surface area contributed by atoms with Crippen molar-refractivity contribution in [2.45, 2.75) is 25.6 Å². The van der Waals surface area contributed by atoms with E-state index in [-0.39, 0.29) is 17.7 Å². The first kappa shape index (κ1) is 26.3. The van der Waals surface area contributed by atoms with Crippen LogP contribution in [0.2, 0.25) is 0 Å².